The fourth-order valence-corrected chi connectivity index (χ4v) is 3.71. The minimum absolute atomic E-state index is 0.126. The number of aromatic nitrogens is 2. The lowest BCUT2D eigenvalue weighted by atomic mass is 10.2. The number of H-pyrrole nitrogens is 1. The van der Waals surface area contributed by atoms with Crippen LogP contribution in [0.25, 0.3) is 22.4 Å². The molecule has 8 heteroatoms. The second kappa shape index (κ2) is 7.63. The van der Waals surface area contributed by atoms with Gasteiger partial charge in [0.1, 0.15) is 15.5 Å². The summed E-state index contributed by atoms with van der Waals surface area (Å²) >= 11 is 0.995. The van der Waals surface area contributed by atoms with Crippen molar-refractivity contribution in [3.8, 4) is 11.5 Å². The van der Waals surface area contributed by atoms with E-state index in [0.29, 0.717) is 39.7 Å². The van der Waals surface area contributed by atoms with Crippen LogP contribution in [0.4, 0.5) is 0 Å². The normalized spacial score (nSPS) is 11.2. The highest BCUT2D eigenvalue weighted by molar-refractivity contribution is 7.20. The largest absolute Gasteiger partial charge is 0.493 e. The molecule has 0 aliphatic carbocycles. The lowest BCUT2D eigenvalue weighted by Crippen LogP contribution is -2.09. The van der Waals surface area contributed by atoms with Gasteiger partial charge in [0.05, 0.1) is 19.1 Å². The van der Waals surface area contributed by atoms with Crippen molar-refractivity contribution in [3.63, 3.8) is 0 Å². The Morgan fingerprint density at radius 2 is 2.11 bits per heavy atom. The number of aromatic carboxylic acids is 1. The molecule has 0 radical (unpaired) electrons. The summed E-state index contributed by atoms with van der Waals surface area (Å²) in [5.74, 6) is 0.546. The van der Waals surface area contributed by atoms with Crippen LogP contribution in [0.1, 0.15) is 33.5 Å². The van der Waals surface area contributed by atoms with Crippen LogP contribution in [0.15, 0.2) is 23.0 Å². The first-order valence-corrected chi connectivity index (χ1v) is 9.01. The number of thiophene rings is 1. The van der Waals surface area contributed by atoms with E-state index < -0.39 is 5.97 Å². The Labute approximate surface area is 158 Å². The summed E-state index contributed by atoms with van der Waals surface area (Å²) in [5, 5.41) is 9.54. The first kappa shape index (κ1) is 18.7. The highest BCUT2D eigenvalue weighted by Crippen LogP contribution is 2.29. The number of fused-ring (bicyclic) bond motifs is 1. The van der Waals surface area contributed by atoms with E-state index in [1.165, 1.54) is 0 Å². The molecule has 3 aromatic rings. The zero-order chi connectivity index (χ0) is 19.6. The van der Waals surface area contributed by atoms with E-state index in [1.54, 1.807) is 32.3 Å². The van der Waals surface area contributed by atoms with Crippen molar-refractivity contribution in [2.75, 3.05) is 13.7 Å². The molecule has 0 saturated carbocycles. The van der Waals surface area contributed by atoms with Crippen LogP contribution in [-0.2, 0) is 0 Å². The number of carboxylic acids is 1. The monoisotopic (exact) mass is 386 g/mol. The van der Waals surface area contributed by atoms with Gasteiger partial charge in [-0.2, -0.15) is 0 Å². The molecular formula is C19H18N2O5S. The summed E-state index contributed by atoms with van der Waals surface area (Å²) < 4.78 is 10.8. The standard InChI is InChI=1S/C19H18N2O5S/c1-4-26-13-9-11(5-7-12(13)25-3)6-8-14-20-17(22)15-10(2)16(19(23)24)27-18(15)21-14/h5-9H,4H2,1-3H3,(H,23,24)(H,20,21,22). The maximum atomic E-state index is 12.3. The third-order valence-corrected chi connectivity index (χ3v) is 5.11. The number of carbonyl (C=O) groups is 1. The molecule has 1 aromatic carbocycles. The van der Waals surface area contributed by atoms with E-state index in [9.17, 15) is 14.7 Å². The molecule has 2 heterocycles. The molecule has 0 bridgehead atoms. The smallest absolute Gasteiger partial charge is 0.346 e. The van der Waals surface area contributed by atoms with Gasteiger partial charge in [-0.1, -0.05) is 12.1 Å². The number of methoxy groups -OCH3 is 1. The summed E-state index contributed by atoms with van der Waals surface area (Å²) in [6.45, 7) is 4.01. The molecule has 0 unspecified atom stereocenters. The zero-order valence-electron chi connectivity index (χ0n) is 15.0. The number of ether oxygens (including phenoxy) is 2. The molecular weight excluding hydrogens is 368 g/mol. The Bertz CT molecular complexity index is 1100. The first-order valence-electron chi connectivity index (χ1n) is 8.20. The Balaban J connectivity index is 1.98. The van der Waals surface area contributed by atoms with E-state index in [2.05, 4.69) is 9.97 Å². The van der Waals surface area contributed by atoms with Gasteiger partial charge in [-0.15, -0.1) is 11.3 Å². The molecule has 7 nitrogen and oxygen atoms in total. The second-order valence-electron chi connectivity index (χ2n) is 5.67. The van der Waals surface area contributed by atoms with Crippen molar-refractivity contribution in [1.29, 1.82) is 0 Å². The topological polar surface area (TPSA) is 102 Å². The molecule has 0 amide bonds. The predicted octanol–water partition coefficient (Wildman–Crippen LogP) is 3.57. The molecule has 0 aliphatic heterocycles. The third kappa shape index (κ3) is 3.70. The number of carboxylic acid groups (broad SMARTS) is 1. The Morgan fingerprint density at radius 3 is 2.78 bits per heavy atom. The molecule has 0 spiro atoms. The van der Waals surface area contributed by atoms with E-state index in [0.717, 1.165) is 16.9 Å². The number of nitrogens with one attached hydrogen (secondary N) is 1. The van der Waals surface area contributed by atoms with Crippen LogP contribution in [0, 0.1) is 6.92 Å². The minimum Gasteiger partial charge on any atom is -0.493 e. The molecule has 2 aromatic heterocycles. The summed E-state index contributed by atoms with van der Waals surface area (Å²) in [6, 6.07) is 5.48. The SMILES string of the molecule is CCOc1cc(C=Cc2nc3sc(C(=O)O)c(C)c3c(=O)[nH]2)ccc1OC. The van der Waals surface area contributed by atoms with Gasteiger partial charge in [0, 0.05) is 0 Å². The van der Waals surface area contributed by atoms with Gasteiger partial charge < -0.3 is 19.6 Å². The van der Waals surface area contributed by atoms with Crippen LogP contribution in [0.2, 0.25) is 0 Å². The highest BCUT2D eigenvalue weighted by Gasteiger charge is 2.18. The second-order valence-corrected chi connectivity index (χ2v) is 6.67. The quantitative estimate of drug-likeness (QED) is 0.672. The van der Waals surface area contributed by atoms with Crippen LogP contribution < -0.4 is 15.0 Å². The maximum Gasteiger partial charge on any atom is 0.346 e. The summed E-state index contributed by atoms with van der Waals surface area (Å²) in [5.41, 5.74) is 0.921. The van der Waals surface area contributed by atoms with E-state index in [-0.39, 0.29) is 10.4 Å². The fourth-order valence-electron chi connectivity index (χ4n) is 2.68. The van der Waals surface area contributed by atoms with E-state index in [4.69, 9.17) is 9.47 Å². The number of rotatable bonds is 6. The Hall–Kier alpha value is -3.13. The molecule has 3 rings (SSSR count). The fraction of sp³-hybridized carbons (Fsp3) is 0.211. The van der Waals surface area contributed by atoms with Crippen molar-refractivity contribution in [2.45, 2.75) is 13.8 Å². The van der Waals surface area contributed by atoms with Crippen molar-refractivity contribution < 1.29 is 19.4 Å². The van der Waals surface area contributed by atoms with Gasteiger partial charge in [-0.3, -0.25) is 4.79 Å². The number of hydrogen-bond donors (Lipinski definition) is 2. The number of aromatic amines is 1. The number of hydrogen-bond acceptors (Lipinski definition) is 6. The molecule has 0 aliphatic rings. The summed E-state index contributed by atoms with van der Waals surface area (Å²) in [4.78, 5) is 31.2. The van der Waals surface area contributed by atoms with Crippen molar-refractivity contribution in [1.82, 2.24) is 9.97 Å². The van der Waals surface area contributed by atoms with Gasteiger partial charge in [0.2, 0.25) is 0 Å². The van der Waals surface area contributed by atoms with Crippen molar-refractivity contribution in [2.24, 2.45) is 0 Å². The minimum atomic E-state index is -1.06. The highest BCUT2D eigenvalue weighted by atomic mass is 32.1. The summed E-state index contributed by atoms with van der Waals surface area (Å²) in [6.07, 6.45) is 3.44. The van der Waals surface area contributed by atoms with Crippen LogP contribution >= 0.6 is 11.3 Å². The zero-order valence-corrected chi connectivity index (χ0v) is 15.8. The average Bonchev–Trinajstić information content (AvgIpc) is 2.98. The maximum absolute atomic E-state index is 12.3. The predicted molar refractivity (Wildman–Crippen MR) is 105 cm³/mol. The average molecular weight is 386 g/mol. The Kier molecular flexibility index (Phi) is 5.27. The van der Waals surface area contributed by atoms with Crippen molar-refractivity contribution in [3.05, 3.63) is 50.4 Å². The van der Waals surface area contributed by atoms with Gasteiger partial charge in [0.25, 0.3) is 5.56 Å². The molecule has 0 fully saturated rings. The van der Waals surface area contributed by atoms with Gasteiger partial charge in [-0.25, -0.2) is 9.78 Å². The molecule has 2 N–H and O–H groups in total. The molecule has 0 saturated heterocycles. The lowest BCUT2D eigenvalue weighted by Gasteiger charge is -2.09. The van der Waals surface area contributed by atoms with E-state index >= 15 is 0 Å². The number of nitrogens with zero attached hydrogens (tertiary/aromatic N) is 1. The summed E-state index contributed by atoms with van der Waals surface area (Å²) in [7, 11) is 1.58. The van der Waals surface area contributed by atoms with Gasteiger partial charge in [-0.05, 0) is 43.2 Å². The Morgan fingerprint density at radius 1 is 1.33 bits per heavy atom. The van der Waals surface area contributed by atoms with Crippen LogP contribution in [-0.4, -0.2) is 34.8 Å². The number of aryl methyl sites for hydroxylation is 1. The van der Waals surface area contributed by atoms with Crippen LogP contribution in [0.3, 0.4) is 0 Å². The number of benzene rings is 1. The molecule has 27 heavy (non-hydrogen) atoms. The third-order valence-electron chi connectivity index (χ3n) is 3.93. The van der Waals surface area contributed by atoms with Crippen LogP contribution in [0.5, 0.6) is 11.5 Å². The molecule has 0 atom stereocenters. The van der Waals surface area contributed by atoms with E-state index in [1.807, 2.05) is 19.1 Å². The molecule has 140 valence electrons. The van der Waals surface area contributed by atoms with Gasteiger partial charge in [0.15, 0.2) is 11.5 Å². The first-order chi connectivity index (χ1) is 12.9. The van der Waals surface area contributed by atoms with Crippen molar-refractivity contribution >= 4 is 39.7 Å². The lowest BCUT2D eigenvalue weighted by molar-refractivity contribution is 0.0701. The van der Waals surface area contributed by atoms with Gasteiger partial charge >= 0.3 is 5.97 Å².